The summed E-state index contributed by atoms with van der Waals surface area (Å²) in [6.07, 6.45) is 4.08. The zero-order valence-electron chi connectivity index (χ0n) is 11.7. The maximum Gasteiger partial charge on any atom is 0.226 e. The van der Waals surface area contributed by atoms with Crippen LogP contribution in [0.3, 0.4) is 0 Å². The lowest BCUT2D eigenvalue weighted by molar-refractivity contribution is -0.179. The van der Waals surface area contributed by atoms with Crippen molar-refractivity contribution in [3.05, 3.63) is 29.8 Å². The molecule has 0 aromatic heterocycles. The number of benzene rings is 1. The van der Waals surface area contributed by atoms with E-state index < -0.39 is 0 Å². The molecule has 4 heteroatoms. The standard InChI is InChI=1S/C16H21NO3/c18-15-8-3-6-13-5-1-2-7-14(13)17(15)10-9-16-19-11-4-12-20-16/h1-2,5,7,16H,3-4,6,8-12H2. The number of ether oxygens (including phenoxy) is 2. The number of carbonyl (C=O) groups is 1. The zero-order valence-corrected chi connectivity index (χ0v) is 11.7. The summed E-state index contributed by atoms with van der Waals surface area (Å²) < 4.78 is 11.1. The third-order valence-corrected chi connectivity index (χ3v) is 3.90. The third kappa shape index (κ3) is 3.02. The van der Waals surface area contributed by atoms with E-state index in [9.17, 15) is 4.79 Å². The normalized spacial score (nSPS) is 20.6. The van der Waals surface area contributed by atoms with Gasteiger partial charge in [-0.1, -0.05) is 18.2 Å². The highest BCUT2D eigenvalue weighted by molar-refractivity contribution is 5.94. The summed E-state index contributed by atoms with van der Waals surface area (Å²) in [6.45, 7) is 2.19. The first-order valence-electron chi connectivity index (χ1n) is 7.46. The smallest absolute Gasteiger partial charge is 0.226 e. The van der Waals surface area contributed by atoms with Crippen molar-refractivity contribution < 1.29 is 14.3 Å². The van der Waals surface area contributed by atoms with E-state index in [1.165, 1.54) is 5.56 Å². The minimum absolute atomic E-state index is 0.160. The number of hydrogen-bond donors (Lipinski definition) is 0. The Balaban J connectivity index is 1.71. The molecular formula is C16H21NO3. The SMILES string of the molecule is O=C1CCCc2ccccc2N1CCC1OCCCO1. The molecular weight excluding hydrogens is 254 g/mol. The van der Waals surface area contributed by atoms with E-state index in [4.69, 9.17) is 9.47 Å². The first-order valence-corrected chi connectivity index (χ1v) is 7.46. The van der Waals surface area contributed by atoms with Crippen LogP contribution < -0.4 is 4.90 Å². The van der Waals surface area contributed by atoms with Gasteiger partial charge in [-0.3, -0.25) is 4.79 Å². The fourth-order valence-corrected chi connectivity index (χ4v) is 2.87. The molecule has 2 heterocycles. The van der Waals surface area contributed by atoms with Gasteiger partial charge in [0.25, 0.3) is 0 Å². The van der Waals surface area contributed by atoms with Crippen LogP contribution in [0, 0.1) is 0 Å². The highest BCUT2D eigenvalue weighted by Crippen LogP contribution is 2.27. The number of aryl methyl sites for hydroxylation is 1. The van der Waals surface area contributed by atoms with E-state index in [0.717, 1.165) is 44.6 Å². The zero-order chi connectivity index (χ0) is 13.8. The topological polar surface area (TPSA) is 38.8 Å². The van der Waals surface area contributed by atoms with Crippen LogP contribution in [-0.2, 0) is 20.7 Å². The molecule has 1 aromatic rings. The Morgan fingerprint density at radius 3 is 2.75 bits per heavy atom. The van der Waals surface area contributed by atoms with Gasteiger partial charge in [-0.15, -0.1) is 0 Å². The molecule has 2 aliphatic rings. The van der Waals surface area contributed by atoms with Gasteiger partial charge in [-0.25, -0.2) is 0 Å². The molecule has 0 N–H and O–H groups in total. The summed E-state index contributed by atoms with van der Waals surface area (Å²) >= 11 is 0. The number of hydrogen-bond acceptors (Lipinski definition) is 3. The molecule has 1 saturated heterocycles. The van der Waals surface area contributed by atoms with E-state index >= 15 is 0 Å². The van der Waals surface area contributed by atoms with Crippen LogP contribution >= 0.6 is 0 Å². The minimum Gasteiger partial charge on any atom is -0.353 e. The summed E-state index contributed by atoms with van der Waals surface area (Å²) in [5.74, 6) is 0.214. The second kappa shape index (κ2) is 6.37. The average Bonchev–Trinajstić information content (AvgIpc) is 2.65. The van der Waals surface area contributed by atoms with Crippen molar-refractivity contribution >= 4 is 11.6 Å². The third-order valence-electron chi connectivity index (χ3n) is 3.90. The Labute approximate surface area is 119 Å². The van der Waals surface area contributed by atoms with Gasteiger partial charge in [0.2, 0.25) is 5.91 Å². The molecule has 2 aliphatic heterocycles. The lowest BCUT2D eigenvalue weighted by Crippen LogP contribution is -2.35. The Morgan fingerprint density at radius 1 is 1.10 bits per heavy atom. The molecule has 108 valence electrons. The molecule has 4 nitrogen and oxygen atoms in total. The van der Waals surface area contributed by atoms with E-state index in [0.29, 0.717) is 13.0 Å². The minimum atomic E-state index is -0.160. The molecule has 0 atom stereocenters. The molecule has 0 saturated carbocycles. The number of rotatable bonds is 3. The molecule has 0 spiro atoms. The molecule has 3 rings (SSSR count). The highest BCUT2D eigenvalue weighted by atomic mass is 16.7. The van der Waals surface area contributed by atoms with Crippen molar-refractivity contribution in [3.8, 4) is 0 Å². The number of fused-ring (bicyclic) bond motifs is 1. The van der Waals surface area contributed by atoms with Gasteiger partial charge in [0.1, 0.15) is 0 Å². The summed E-state index contributed by atoms with van der Waals surface area (Å²) in [5, 5.41) is 0. The van der Waals surface area contributed by atoms with Gasteiger partial charge in [0, 0.05) is 25.1 Å². The Bertz CT molecular complexity index is 469. The maximum absolute atomic E-state index is 12.3. The van der Waals surface area contributed by atoms with E-state index in [1.807, 2.05) is 23.1 Å². The van der Waals surface area contributed by atoms with Crippen molar-refractivity contribution in [2.75, 3.05) is 24.7 Å². The molecule has 1 fully saturated rings. The monoisotopic (exact) mass is 275 g/mol. The van der Waals surface area contributed by atoms with Crippen molar-refractivity contribution in [2.45, 2.75) is 38.4 Å². The molecule has 0 unspecified atom stereocenters. The number of nitrogens with zero attached hydrogens (tertiary/aromatic N) is 1. The first-order chi connectivity index (χ1) is 9.84. The predicted molar refractivity (Wildman–Crippen MR) is 76.7 cm³/mol. The van der Waals surface area contributed by atoms with Crippen LogP contribution in [0.5, 0.6) is 0 Å². The molecule has 0 bridgehead atoms. The van der Waals surface area contributed by atoms with Crippen molar-refractivity contribution in [2.24, 2.45) is 0 Å². The van der Waals surface area contributed by atoms with Gasteiger partial charge in [-0.2, -0.15) is 0 Å². The van der Waals surface area contributed by atoms with Gasteiger partial charge in [0.05, 0.1) is 13.2 Å². The summed E-state index contributed by atoms with van der Waals surface area (Å²) in [6, 6.07) is 8.20. The van der Waals surface area contributed by atoms with Crippen LogP contribution in [0.25, 0.3) is 0 Å². The summed E-state index contributed by atoms with van der Waals surface area (Å²) in [7, 11) is 0. The second-order valence-corrected chi connectivity index (χ2v) is 5.34. The number of amides is 1. The number of para-hydroxylation sites is 1. The number of carbonyl (C=O) groups excluding carboxylic acids is 1. The lowest BCUT2D eigenvalue weighted by atomic mass is 10.1. The van der Waals surface area contributed by atoms with Gasteiger partial charge < -0.3 is 14.4 Å². The second-order valence-electron chi connectivity index (χ2n) is 5.34. The van der Waals surface area contributed by atoms with Crippen molar-refractivity contribution in [1.82, 2.24) is 0 Å². The summed E-state index contributed by atoms with van der Waals surface area (Å²) in [5.41, 5.74) is 2.33. The van der Waals surface area contributed by atoms with Crippen LogP contribution in [0.1, 0.15) is 31.2 Å². The maximum atomic E-state index is 12.3. The van der Waals surface area contributed by atoms with E-state index in [2.05, 4.69) is 6.07 Å². The molecule has 1 aromatic carbocycles. The fraction of sp³-hybridized carbons (Fsp3) is 0.562. The van der Waals surface area contributed by atoms with Gasteiger partial charge >= 0.3 is 0 Å². The summed E-state index contributed by atoms with van der Waals surface area (Å²) in [4.78, 5) is 14.2. The molecule has 0 aliphatic carbocycles. The predicted octanol–water partition coefficient (Wildman–Crippen LogP) is 2.51. The Morgan fingerprint density at radius 2 is 1.90 bits per heavy atom. The first kappa shape index (κ1) is 13.6. The van der Waals surface area contributed by atoms with Crippen molar-refractivity contribution in [1.29, 1.82) is 0 Å². The van der Waals surface area contributed by atoms with Gasteiger partial charge in [-0.05, 0) is 30.9 Å². The molecule has 1 amide bonds. The fourth-order valence-electron chi connectivity index (χ4n) is 2.87. The van der Waals surface area contributed by atoms with Crippen molar-refractivity contribution in [3.63, 3.8) is 0 Å². The highest BCUT2D eigenvalue weighted by Gasteiger charge is 2.23. The quantitative estimate of drug-likeness (QED) is 0.851. The Hall–Kier alpha value is -1.39. The van der Waals surface area contributed by atoms with Crippen LogP contribution in [-0.4, -0.2) is 32.0 Å². The average molecular weight is 275 g/mol. The van der Waals surface area contributed by atoms with Crippen LogP contribution in [0.2, 0.25) is 0 Å². The molecule has 0 radical (unpaired) electrons. The molecule has 20 heavy (non-hydrogen) atoms. The van der Waals surface area contributed by atoms with Gasteiger partial charge in [0.15, 0.2) is 6.29 Å². The van der Waals surface area contributed by atoms with E-state index in [-0.39, 0.29) is 12.2 Å². The number of anilines is 1. The lowest BCUT2D eigenvalue weighted by Gasteiger charge is -2.27. The van der Waals surface area contributed by atoms with Crippen LogP contribution in [0.4, 0.5) is 5.69 Å². The Kier molecular flexibility index (Phi) is 4.33. The largest absolute Gasteiger partial charge is 0.353 e. The van der Waals surface area contributed by atoms with E-state index in [1.54, 1.807) is 0 Å². The van der Waals surface area contributed by atoms with Crippen LogP contribution in [0.15, 0.2) is 24.3 Å².